The van der Waals surface area contributed by atoms with E-state index in [2.05, 4.69) is 17.1 Å². The predicted molar refractivity (Wildman–Crippen MR) is 63.4 cm³/mol. The van der Waals surface area contributed by atoms with E-state index in [0.29, 0.717) is 12.1 Å². The van der Waals surface area contributed by atoms with Gasteiger partial charge in [0.25, 0.3) is 0 Å². The van der Waals surface area contributed by atoms with Gasteiger partial charge in [-0.2, -0.15) is 0 Å². The van der Waals surface area contributed by atoms with Gasteiger partial charge in [-0.05, 0) is 50.7 Å². The first kappa shape index (κ1) is 10.2. The fourth-order valence-electron chi connectivity index (χ4n) is 2.18. The van der Waals surface area contributed by atoms with Crippen molar-refractivity contribution in [2.24, 2.45) is 0 Å². The highest BCUT2D eigenvalue weighted by molar-refractivity contribution is 7.80. The predicted octanol–water partition coefficient (Wildman–Crippen LogP) is 2.29. The number of nitrogens with zero attached hydrogens (tertiary/aromatic N) is 1. The molecule has 1 saturated carbocycles. The van der Waals surface area contributed by atoms with Gasteiger partial charge in [-0.3, -0.25) is 0 Å². The van der Waals surface area contributed by atoms with Crippen LogP contribution in [0.2, 0.25) is 0 Å². The first-order chi connectivity index (χ1) is 6.81. The second-order valence-electron chi connectivity index (χ2n) is 4.48. The molecule has 0 aromatic heterocycles. The lowest BCUT2D eigenvalue weighted by Gasteiger charge is -2.37. The normalized spacial score (nSPS) is 27.5. The summed E-state index contributed by atoms with van der Waals surface area (Å²) in [5, 5.41) is 4.46. The molecule has 0 radical (unpaired) electrons. The van der Waals surface area contributed by atoms with Crippen molar-refractivity contribution in [2.45, 2.75) is 57.5 Å². The topological polar surface area (TPSA) is 15.3 Å². The second-order valence-corrected chi connectivity index (χ2v) is 4.86. The van der Waals surface area contributed by atoms with Crippen molar-refractivity contribution in [3.63, 3.8) is 0 Å². The Kier molecular flexibility index (Phi) is 3.26. The molecule has 3 heteroatoms. The molecular weight excluding hydrogens is 192 g/mol. The van der Waals surface area contributed by atoms with Gasteiger partial charge in [0, 0.05) is 18.6 Å². The minimum atomic E-state index is 0.696. The molecule has 1 N–H and O–H groups in total. The third-order valence-corrected chi connectivity index (χ3v) is 3.62. The van der Waals surface area contributed by atoms with Crippen molar-refractivity contribution in [3.05, 3.63) is 0 Å². The maximum Gasteiger partial charge on any atom is 0.169 e. The average molecular weight is 212 g/mol. The zero-order valence-corrected chi connectivity index (χ0v) is 9.78. The molecule has 0 spiro atoms. The highest BCUT2D eigenvalue weighted by atomic mass is 32.1. The van der Waals surface area contributed by atoms with Crippen molar-refractivity contribution in [1.29, 1.82) is 0 Å². The molecule has 14 heavy (non-hydrogen) atoms. The minimum absolute atomic E-state index is 0.696. The van der Waals surface area contributed by atoms with Crippen LogP contribution in [-0.2, 0) is 0 Å². The molecule has 2 nitrogen and oxygen atoms in total. The molecule has 0 aromatic rings. The summed E-state index contributed by atoms with van der Waals surface area (Å²) >= 11 is 5.45. The molecule has 1 aliphatic carbocycles. The summed E-state index contributed by atoms with van der Waals surface area (Å²) in [5.41, 5.74) is 0. The third kappa shape index (κ3) is 2.38. The monoisotopic (exact) mass is 212 g/mol. The number of piperidine rings is 1. The molecule has 1 saturated heterocycles. The van der Waals surface area contributed by atoms with Crippen LogP contribution in [-0.4, -0.2) is 28.6 Å². The van der Waals surface area contributed by atoms with Crippen LogP contribution in [0.5, 0.6) is 0 Å². The Balaban J connectivity index is 1.87. The van der Waals surface area contributed by atoms with E-state index in [1.165, 1.54) is 38.5 Å². The number of likely N-dealkylation sites (tertiary alicyclic amines) is 1. The Morgan fingerprint density at radius 3 is 2.79 bits per heavy atom. The van der Waals surface area contributed by atoms with E-state index in [0.717, 1.165) is 11.7 Å². The number of nitrogens with one attached hydrogen (secondary N) is 1. The Morgan fingerprint density at radius 1 is 1.36 bits per heavy atom. The van der Waals surface area contributed by atoms with E-state index >= 15 is 0 Å². The van der Waals surface area contributed by atoms with Crippen LogP contribution >= 0.6 is 12.2 Å². The molecule has 1 aliphatic heterocycles. The maximum atomic E-state index is 5.45. The number of thiocarbonyl (C=S) groups is 1. The van der Waals surface area contributed by atoms with Gasteiger partial charge in [0.15, 0.2) is 5.11 Å². The SMILES string of the molecule is CCC1CCCCN1C(=S)NC1CC1. The lowest BCUT2D eigenvalue weighted by atomic mass is 10.0. The fourth-order valence-corrected chi connectivity index (χ4v) is 2.58. The lowest BCUT2D eigenvalue weighted by molar-refractivity contribution is 0.233. The third-order valence-electron chi connectivity index (χ3n) is 3.26. The van der Waals surface area contributed by atoms with Gasteiger partial charge in [0.1, 0.15) is 0 Å². The van der Waals surface area contributed by atoms with Crippen molar-refractivity contribution in [3.8, 4) is 0 Å². The fraction of sp³-hybridized carbons (Fsp3) is 0.909. The standard InChI is InChI=1S/C11H20N2S/c1-2-10-5-3-4-8-13(10)11(14)12-9-6-7-9/h9-10H,2-8H2,1H3,(H,12,14). The van der Waals surface area contributed by atoms with E-state index in [1.807, 2.05) is 0 Å². The van der Waals surface area contributed by atoms with Gasteiger partial charge >= 0.3 is 0 Å². The first-order valence-electron chi connectivity index (χ1n) is 5.88. The Labute approximate surface area is 92.0 Å². The van der Waals surface area contributed by atoms with E-state index in [1.54, 1.807) is 0 Å². The summed E-state index contributed by atoms with van der Waals surface area (Å²) in [6, 6.07) is 1.39. The van der Waals surface area contributed by atoms with Crippen LogP contribution in [0.3, 0.4) is 0 Å². The summed E-state index contributed by atoms with van der Waals surface area (Å²) in [5.74, 6) is 0. The van der Waals surface area contributed by atoms with Crippen molar-refractivity contribution in [1.82, 2.24) is 10.2 Å². The van der Waals surface area contributed by atoms with E-state index in [4.69, 9.17) is 12.2 Å². The highest BCUT2D eigenvalue weighted by Crippen LogP contribution is 2.22. The zero-order valence-electron chi connectivity index (χ0n) is 8.96. The number of hydrogen-bond donors (Lipinski definition) is 1. The van der Waals surface area contributed by atoms with E-state index in [9.17, 15) is 0 Å². The Hall–Kier alpha value is -0.310. The Morgan fingerprint density at radius 2 is 2.14 bits per heavy atom. The van der Waals surface area contributed by atoms with Gasteiger partial charge in [-0.25, -0.2) is 0 Å². The van der Waals surface area contributed by atoms with Crippen LogP contribution in [0, 0.1) is 0 Å². The first-order valence-corrected chi connectivity index (χ1v) is 6.29. The van der Waals surface area contributed by atoms with Crippen molar-refractivity contribution >= 4 is 17.3 Å². The van der Waals surface area contributed by atoms with Gasteiger partial charge in [0.05, 0.1) is 0 Å². The summed E-state index contributed by atoms with van der Waals surface area (Å²) in [4.78, 5) is 2.41. The van der Waals surface area contributed by atoms with Crippen LogP contribution in [0.25, 0.3) is 0 Å². The van der Waals surface area contributed by atoms with E-state index in [-0.39, 0.29) is 0 Å². The largest absolute Gasteiger partial charge is 0.360 e. The molecule has 2 fully saturated rings. The summed E-state index contributed by atoms with van der Waals surface area (Å²) in [6.07, 6.45) is 7.86. The molecule has 2 aliphatic rings. The van der Waals surface area contributed by atoms with Crippen molar-refractivity contribution in [2.75, 3.05) is 6.54 Å². The van der Waals surface area contributed by atoms with Crippen LogP contribution in [0.4, 0.5) is 0 Å². The van der Waals surface area contributed by atoms with Crippen molar-refractivity contribution < 1.29 is 0 Å². The van der Waals surface area contributed by atoms with Crippen LogP contribution in [0.15, 0.2) is 0 Å². The number of hydrogen-bond acceptors (Lipinski definition) is 1. The van der Waals surface area contributed by atoms with Crippen LogP contribution < -0.4 is 5.32 Å². The molecular formula is C11H20N2S. The molecule has 80 valence electrons. The van der Waals surface area contributed by atoms with E-state index < -0.39 is 0 Å². The quantitative estimate of drug-likeness (QED) is 0.707. The van der Waals surface area contributed by atoms with Gasteiger partial charge < -0.3 is 10.2 Å². The molecule has 0 amide bonds. The molecule has 1 atom stereocenters. The van der Waals surface area contributed by atoms with Gasteiger partial charge in [-0.1, -0.05) is 6.92 Å². The number of rotatable bonds is 2. The second kappa shape index (κ2) is 4.47. The summed E-state index contributed by atoms with van der Waals surface area (Å²) in [6.45, 7) is 3.43. The highest BCUT2D eigenvalue weighted by Gasteiger charge is 2.27. The summed E-state index contributed by atoms with van der Waals surface area (Å²) in [7, 11) is 0. The maximum absolute atomic E-state index is 5.45. The smallest absolute Gasteiger partial charge is 0.169 e. The minimum Gasteiger partial charge on any atom is -0.360 e. The molecule has 1 unspecified atom stereocenters. The Bertz CT molecular complexity index is 213. The van der Waals surface area contributed by atoms with Gasteiger partial charge in [0.2, 0.25) is 0 Å². The lowest BCUT2D eigenvalue weighted by Crippen LogP contribution is -2.48. The summed E-state index contributed by atoms with van der Waals surface area (Å²) < 4.78 is 0. The zero-order chi connectivity index (χ0) is 9.97. The van der Waals surface area contributed by atoms with Gasteiger partial charge in [-0.15, -0.1) is 0 Å². The average Bonchev–Trinajstić information content (AvgIpc) is 3.01. The molecule has 1 heterocycles. The molecule has 2 rings (SSSR count). The molecule has 0 bridgehead atoms. The van der Waals surface area contributed by atoms with Crippen LogP contribution in [0.1, 0.15) is 45.4 Å². The molecule has 0 aromatic carbocycles.